The van der Waals surface area contributed by atoms with Crippen LogP contribution in [0.4, 0.5) is 5.69 Å². The Morgan fingerprint density at radius 1 is 1.16 bits per heavy atom. The second-order valence-corrected chi connectivity index (χ2v) is 6.00. The van der Waals surface area contributed by atoms with Crippen molar-refractivity contribution in [3.8, 4) is 11.5 Å². The first kappa shape index (κ1) is 17.1. The Hall–Kier alpha value is -2.73. The smallest absolute Gasteiger partial charge is 0.339 e. The van der Waals surface area contributed by atoms with Gasteiger partial charge >= 0.3 is 5.97 Å². The number of amides is 1. The number of carbonyl (C=O) groups excluding carboxylic acids is 2. The Morgan fingerprint density at radius 2 is 1.92 bits per heavy atom. The zero-order valence-electron chi connectivity index (χ0n) is 13.7. The molecule has 3 rings (SSSR count). The number of aryl methyl sites for hydroxylation is 1. The topological polar surface area (TPSA) is 73.9 Å². The van der Waals surface area contributed by atoms with E-state index in [9.17, 15) is 9.59 Å². The average Bonchev–Trinajstić information content (AvgIpc) is 3.05. The van der Waals surface area contributed by atoms with Gasteiger partial charge in [0.1, 0.15) is 0 Å². The third kappa shape index (κ3) is 3.85. The Morgan fingerprint density at radius 3 is 2.72 bits per heavy atom. The molecule has 6 nitrogen and oxygen atoms in total. The zero-order chi connectivity index (χ0) is 18.0. The summed E-state index contributed by atoms with van der Waals surface area (Å²) in [6.07, 6.45) is -0.976. The Kier molecular flexibility index (Phi) is 4.81. The van der Waals surface area contributed by atoms with Crippen LogP contribution in [0, 0.1) is 6.92 Å². The van der Waals surface area contributed by atoms with Gasteiger partial charge in [0, 0.05) is 10.7 Å². The van der Waals surface area contributed by atoms with Crippen molar-refractivity contribution in [2.45, 2.75) is 20.0 Å². The van der Waals surface area contributed by atoms with Crippen LogP contribution in [0.1, 0.15) is 22.8 Å². The summed E-state index contributed by atoms with van der Waals surface area (Å²) in [5, 5.41) is 3.21. The Balaban J connectivity index is 1.64. The number of halogens is 1. The van der Waals surface area contributed by atoms with Gasteiger partial charge in [-0.3, -0.25) is 4.79 Å². The van der Waals surface area contributed by atoms with Gasteiger partial charge in [-0.1, -0.05) is 17.7 Å². The molecule has 0 spiro atoms. The van der Waals surface area contributed by atoms with E-state index in [1.54, 1.807) is 30.3 Å². The van der Waals surface area contributed by atoms with E-state index < -0.39 is 18.0 Å². The van der Waals surface area contributed by atoms with Crippen molar-refractivity contribution in [1.29, 1.82) is 0 Å². The lowest BCUT2D eigenvalue weighted by Crippen LogP contribution is -2.30. The maximum Gasteiger partial charge on any atom is 0.339 e. The van der Waals surface area contributed by atoms with E-state index in [0.29, 0.717) is 22.2 Å². The summed E-state index contributed by atoms with van der Waals surface area (Å²) in [4.78, 5) is 24.5. The van der Waals surface area contributed by atoms with E-state index in [1.165, 1.54) is 13.0 Å². The van der Waals surface area contributed by atoms with Gasteiger partial charge in [-0.15, -0.1) is 0 Å². The molecule has 1 unspecified atom stereocenters. The first-order chi connectivity index (χ1) is 11.9. The zero-order valence-corrected chi connectivity index (χ0v) is 14.4. The predicted molar refractivity (Wildman–Crippen MR) is 92.3 cm³/mol. The second-order valence-electron chi connectivity index (χ2n) is 5.56. The number of hydrogen-bond acceptors (Lipinski definition) is 5. The second kappa shape index (κ2) is 7.03. The van der Waals surface area contributed by atoms with Gasteiger partial charge in [0.05, 0.1) is 5.56 Å². The van der Waals surface area contributed by atoms with Gasteiger partial charge in [-0.05, 0) is 49.7 Å². The summed E-state index contributed by atoms with van der Waals surface area (Å²) in [6, 6.07) is 9.87. The average molecular weight is 362 g/mol. The molecule has 25 heavy (non-hydrogen) atoms. The SMILES string of the molecule is Cc1ccc(Cl)cc1NC(=O)C(C)OC(=O)c1ccc2c(c1)OCO2. The number of fused-ring (bicyclic) bond motifs is 1. The lowest BCUT2D eigenvalue weighted by molar-refractivity contribution is -0.123. The fourth-order valence-corrected chi connectivity index (χ4v) is 2.44. The molecule has 1 atom stereocenters. The quantitative estimate of drug-likeness (QED) is 0.843. The number of ether oxygens (including phenoxy) is 3. The van der Waals surface area contributed by atoms with Crippen molar-refractivity contribution in [3.63, 3.8) is 0 Å². The van der Waals surface area contributed by atoms with E-state index in [-0.39, 0.29) is 12.4 Å². The molecule has 0 saturated carbocycles. The van der Waals surface area contributed by atoms with Crippen molar-refractivity contribution in [3.05, 3.63) is 52.5 Å². The molecule has 0 radical (unpaired) electrons. The molecule has 7 heteroatoms. The molecule has 0 saturated heterocycles. The van der Waals surface area contributed by atoms with Crippen LogP contribution in [0.25, 0.3) is 0 Å². The number of nitrogens with one attached hydrogen (secondary N) is 1. The summed E-state index contributed by atoms with van der Waals surface area (Å²) < 4.78 is 15.6. The van der Waals surface area contributed by atoms with E-state index in [1.807, 2.05) is 6.92 Å². The van der Waals surface area contributed by atoms with Crippen LogP contribution in [0.15, 0.2) is 36.4 Å². The van der Waals surface area contributed by atoms with Crippen molar-refractivity contribution >= 4 is 29.2 Å². The van der Waals surface area contributed by atoms with Gasteiger partial charge < -0.3 is 19.5 Å². The van der Waals surface area contributed by atoms with E-state index in [2.05, 4.69) is 5.32 Å². The Labute approximate surface area is 149 Å². The maximum absolute atomic E-state index is 12.3. The van der Waals surface area contributed by atoms with Crippen molar-refractivity contribution < 1.29 is 23.8 Å². The molecular formula is C18H16ClNO5. The number of esters is 1. The van der Waals surface area contributed by atoms with Gasteiger partial charge in [0.15, 0.2) is 17.6 Å². The Bertz CT molecular complexity index is 836. The minimum Gasteiger partial charge on any atom is -0.454 e. The molecule has 2 aromatic carbocycles. The van der Waals surface area contributed by atoms with Crippen molar-refractivity contribution in [2.24, 2.45) is 0 Å². The largest absolute Gasteiger partial charge is 0.454 e. The molecule has 2 aromatic rings. The van der Waals surface area contributed by atoms with Crippen LogP contribution in [0.2, 0.25) is 5.02 Å². The maximum atomic E-state index is 12.3. The molecule has 0 bridgehead atoms. The fraction of sp³-hybridized carbons (Fsp3) is 0.222. The highest BCUT2D eigenvalue weighted by Crippen LogP contribution is 2.32. The minimum atomic E-state index is -0.976. The molecule has 1 heterocycles. The molecule has 0 aromatic heterocycles. The number of anilines is 1. The van der Waals surface area contributed by atoms with Crippen LogP contribution < -0.4 is 14.8 Å². The number of rotatable bonds is 4. The predicted octanol–water partition coefficient (Wildman–Crippen LogP) is 3.56. The van der Waals surface area contributed by atoms with Gasteiger partial charge in [-0.25, -0.2) is 4.79 Å². The van der Waals surface area contributed by atoms with E-state index in [4.69, 9.17) is 25.8 Å². The fourth-order valence-electron chi connectivity index (χ4n) is 2.27. The van der Waals surface area contributed by atoms with Crippen molar-refractivity contribution in [2.75, 3.05) is 12.1 Å². The highest BCUT2D eigenvalue weighted by atomic mass is 35.5. The lowest BCUT2D eigenvalue weighted by Gasteiger charge is -2.15. The highest BCUT2D eigenvalue weighted by molar-refractivity contribution is 6.31. The summed E-state index contributed by atoms with van der Waals surface area (Å²) in [5.41, 5.74) is 1.71. The lowest BCUT2D eigenvalue weighted by atomic mass is 10.2. The molecule has 1 aliphatic heterocycles. The third-order valence-electron chi connectivity index (χ3n) is 3.72. The highest BCUT2D eigenvalue weighted by Gasteiger charge is 2.22. The molecular weight excluding hydrogens is 346 g/mol. The van der Waals surface area contributed by atoms with Gasteiger partial charge in [-0.2, -0.15) is 0 Å². The van der Waals surface area contributed by atoms with Crippen LogP contribution in [0.3, 0.4) is 0 Å². The molecule has 0 fully saturated rings. The monoisotopic (exact) mass is 361 g/mol. The normalized spacial score (nSPS) is 13.2. The summed E-state index contributed by atoms with van der Waals surface area (Å²) in [7, 11) is 0. The molecule has 1 amide bonds. The molecule has 0 aliphatic carbocycles. The molecule has 1 aliphatic rings. The van der Waals surface area contributed by atoms with Crippen molar-refractivity contribution in [1.82, 2.24) is 0 Å². The van der Waals surface area contributed by atoms with Gasteiger partial charge in [0.2, 0.25) is 6.79 Å². The number of carbonyl (C=O) groups is 2. The first-order valence-corrected chi connectivity index (χ1v) is 7.99. The van der Waals surface area contributed by atoms with E-state index >= 15 is 0 Å². The summed E-state index contributed by atoms with van der Waals surface area (Å²) in [5.74, 6) is -0.0249. The van der Waals surface area contributed by atoms with Gasteiger partial charge in [0.25, 0.3) is 5.91 Å². The van der Waals surface area contributed by atoms with Crippen LogP contribution in [0.5, 0.6) is 11.5 Å². The minimum absolute atomic E-state index is 0.117. The van der Waals surface area contributed by atoms with E-state index in [0.717, 1.165) is 5.56 Å². The third-order valence-corrected chi connectivity index (χ3v) is 3.95. The molecule has 130 valence electrons. The standard InChI is InChI=1S/C18H16ClNO5/c1-10-3-5-13(19)8-14(10)20-17(21)11(2)25-18(22)12-4-6-15-16(7-12)24-9-23-15/h3-8,11H,9H2,1-2H3,(H,20,21). The van der Waals surface area contributed by atoms with Crippen LogP contribution in [-0.2, 0) is 9.53 Å². The number of hydrogen-bond donors (Lipinski definition) is 1. The summed E-state index contributed by atoms with van der Waals surface area (Å²) in [6.45, 7) is 3.46. The van der Waals surface area contributed by atoms with Crippen LogP contribution >= 0.6 is 11.6 Å². The van der Waals surface area contributed by atoms with Crippen LogP contribution in [-0.4, -0.2) is 24.8 Å². The first-order valence-electron chi connectivity index (χ1n) is 7.61. The summed E-state index contributed by atoms with van der Waals surface area (Å²) >= 11 is 5.93. The molecule has 1 N–H and O–H groups in total. The number of benzene rings is 2.